The van der Waals surface area contributed by atoms with Crippen LogP contribution >= 0.6 is 0 Å². The second kappa shape index (κ2) is 8.49. The molecule has 0 aliphatic heterocycles. The lowest BCUT2D eigenvalue weighted by atomic mass is 10.0. The maximum atomic E-state index is 12.1. The largest absolute Gasteiger partial charge is 0.343 e. The monoisotopic (exact) mass is 321 g/mol. The van der Waals surface area contributed by atoms with Gasteiger partial charge in [0.05, 0.1) is 12.6 Å². The van der Waals surface area contributed by atoms with E-state index in [2.05, 4.69) is 10.6 Å². The van der Waals surface area contributed by atoms with Gasteiger partial charge in [-0.25, -0.2) is 0 Å². The SMILES string of the molecule is CCC(C#N)NC(=O)CNC(=O)c1ccc(-c2ccccc2)cc1. The van der Waals surface area contributed by atoms with Crippen LogP contribution in [-0.2, 0) is 4.79 Å². The molecule has 2 amide bonds. The Balaban J connectivity index is 1.91. The van der Waals surface area contributed by atoms with E-state index in [9.17, 15) is 9.59 Å². The number of carbonyl (C=O) groups is 2. The summed E-state index contributed by atoms with van der Waals surface area (Å²) in [5.74, 6) is -0.701. The Bertz CT molecular complexity index is 733. The van der Waals surface area contributed by atoms with Gasteiger partial charge in [-0.1, -0.05) is 49.4 Å². The van der Waals surface area contributed by atoms with Gasteiger partial charge in [0.1, 0.15) is 6.04 Å². The summed E-state index contributed by atoms with van der Waals surface area (Å²) in [6.45, 7) is 1.65. The van der Waals surface area contributed by atoms with Crippen LogP contribution in [0.15, 0.2) is 54.6 Å². The van der Waals surface area contributed by atoms with Gasteiger partial charge in [0.25, 0.3) is 5.91 Å². The number of hydrogen-bond acceptors (Lipinski definition) is 3. The average molecular weight is 321 g/mol. The minimum absolute atomic E-state index is 0.155. The van der Waals surface area contributed by atoms with Gasteiger partial charge in [-0.15, -0.1) is 0 Å². The molecule has 0 aromatic heterocycles. The molecule has 1 atom stereocenters. The molecule has 2 N–H and O–H groups in total. The van der Waals surface area contributed by atoms with E-state index in [4.69, 9.17) is 5.26 Å². The molecule has 0 spiro atoms. The van der Waals surface area contributed by atoms with Gasteiger partial charge in [0.2, 0.25) is 5.91 Å². The molecule has 2 aromatic carbocycles. The van der Waals surface area contributed by atoms with E-state index in [1.165, 1.54) is 0 Å². The van der Waals surface area contributed by atoms with Crippen LogP contribution in [0.3, 0.4) is 0 Å². The first-order chi connectivity index (χ1) is 11.6. The number of nitriles is 1. The molecule has 0 radical (unpaired) electrons. The second-order valence-corrected chi connectivity index (χ2v) is 5.28. The molecule has 0 bridgehead atoms. The molecule has 0 heterocycles. The van der Waals surface area contributed by atoms with E-state index in [0.29, 0.717) is 12.0 Å². The smallest absolute Gasteiger partial charge is 0.251 e. The number of carbonyl (C=O) groups excluding carboxylic acids is 2. The van der Waals surface area contributed by atoms with Crippen molar-refractivity contribution in [1.82, 2.24) is 10.6 Å². The zero-order chi connectivity index (χ0) is 17.4. The number of amides is 2. The van der Waals surface area contributed by atoms with Crippen LogP contribution in [-0.4, -0.2) is 24.4 Å². The summed E-state index contributed by atoms with van der Waals surface area (Å²) in [5.41, 5.74) is 2.57. The second-order valence-electron chi connectivity index (χ2n) is 5.28. The van der Waals surface area contributed by atoms with E-state index < -0.39 is 6.04 Å². The topological polar surface area (TPSA) is 82.0 Å². The van der Waals surface area contributed by atoms with Crippen molar-refractivity contribution in [3.8, 4) is 17.2 Å². The Morgan fingerprint density at radius 2 is 1.67 bits per heavy atom. The summed E-state index contributed by atoms with van der Waals surface area (Å²) in [4.78, 5) is 23.7. The zero-order valence-electron chi connectivity index (χ0n) is 13.5. The number of nitrogens with one attached hydrogen (secondary N) is 2. The fourth-order valence-corrected chi connectivity index (χ4v) is 2.18. The van der Waals surface area contributed by atoms with Crippen molar-refractivity contribution in [3.63, 3.8) is 0 Å². The van der Waals surface area contributed by atoms with Crippen LogP contribution < -0.4 is 10.6 Å². The molecule has 0 aliphatic carbocycles. The zero-order valence-corrected chi connectivity index (χ0v) is 13.5. The molecule has 2 rings (SSSR count). The highest BCUT2D eigenvalue weighted by Gasteiger charge is 2.11. The summed E-state index contributed by atoms with van der Waals surface area (Å²) >= 11 is 0. The van der Waals surface area contributed by atoms with Gasteiger partial charge >= 0.3 is 0 Å². The Hall–Kier alpha value is -3.13. The highest BCUT2D eigenvalue weighted by atomic mass is 16.2. The Morgan fingerprint density at radius 1 is 1.04 bits per heavy atom. The van der Waals surface area contributed by atoms with Gasteiger partial charge in [-0.3, -0.25) is 9.59 Å². The van der Waals surface area contributed by atoms with E-state index in [1.807, 2.05) is 48.5 Å². The lowest BCUT2D eigenvalue weighted by molar-refractivity contribution is -0.120. The van der Waals surface area contributed by atoms with Crippen molar-refractivity contribution in [2.45, 2.75) is 19.4 Å². The molecule has 122 valence electrons. The predicted octanol–water partition coefficient (Wildman–Crippen LogP) is 2.50. The minimum atomic E-state index is -0.528. The molecular weight excluding hydrogens is 302 g/mol. The van der Waals surface area contributed by atoms with Crippen molar-refractivity contribution in [1.29, 1.82) is 5.26 Å². The first kappa shape index (κ1) is 17.2. The van der Waals surface area contributed by atoms with Gasteiger partial charge in [0, 0.05) is 5.56 Å². The Labute approximate surface area is 141 Å². The molecule has 0 saturated carbocycles. The van der Waals surface area contributed by atoms with Gasteiger partial charge in [0.15, 0.2) is 0 Å². The normalized spacial score (nSPS) is 11.2. The van der Waals surface area contributed by atoms with Crippen molar-refractivity contribution < 1.29 is 9.59 Å². The maximum Gasteiger partial charge on any atom is 0.251 e. The first-order valence-electron chi connectivity index (χ1n) is 7.76. The van der Waals surface area contributed by atoms with Gasteiger partial charge < -0.3 is 10.6 Å². The molecule has 0 fully saturated rings. The van der Waals surface area contributed by atoms with Crippen molar-refractivity contribution >= 4 is 11.8 Å². The number of rotatable bonds is 6. The summed E-state index contributed by atoms with van der Waals surface area (Å²) in [6, 6.07) is 18.5. The first-order valence-corrected chi connectivity index (χ1v) is 7.76. The van der Waals surface area contributed by atoms with Gasteiger partial charge in [-0.2, -0.15) is 5.26 Å². The number of benzene rings is 2. The van der Waals surface area contributed by atoms with E-state index in [-0.39, 0.29) is 18.4 Å². The van der Waals surface area contributed by atoms with Crippen LogP contribution in [0.2, 0.25) is 0 Å². The molecule has 0 saturated heterocycles. The fraction of sp³-hybridized carbons (Fsp3) is 0.211. The van der Waals surface area contributed by atoms with Crippen molar-refractivity contribution in [3.05, 3.63) is 60.2 Å². The highest BCUT2D eigenvalue weighted by molar-refractivity contribution is 5.96. The van der Waals surface area contributed by atoms with Gasteiger partial charge in [-0.05, 0) is 29.7 Å². The molecule has 2 aromatic rings. The Kier molecular flexibility index (Phi) is 6.09. The summed E-state index contributed by atoms with van der Waals surface area (Å²) in [7, 11) is 0. The van der Waals surface area contributed by atoms with Crippen LogP contribution in [0.1, 0.15) is 23.7 Å². The highest BCUT2D eigenvalue weighted by Crippen LogP contribution is 2.19. The number of nitrogens with zero attached hydrogens (tertiary/aromatic N) is 1. The molecule has 24 heavy (non-hydrogen) atoms. The summed E-state index contributed by atoms with van der Waals surface area (Å²) in [5, 5.41) is 13.9. The lowest BCUT2D eigenvalue weighted by Gasteiger charge is -2.10. The molecule has 1 unspecified atom stereocenters. The molecular formula is C19H19N3O2. The van der Waals surface area contributed by atoms with Crippen LogP contribution in [0.5, 0.6) is 0 Å². The fourth-order valence-electron chi connectivity index (χ4n) is 2.18. The van der Waals surface area contributed by atoms with Crippen LogP contribution in [0.4, 0.5) is 0 Å². The molecule has 5 nitrogen and oxygen atoms in total. The lowest BCUT2D eigenvalue weighted by Crippen LogP contribution is -2.41. The Morgan fingerprint density at radius 3 is 2.25 bits per heavy atom. The average Bonchev–Trinajstić information content (AvgIpc) is 2.65. The summed E-state index contributed by atoms with van der Waals surface area (Å²) < 4.78 is 0. The van der Waals surface area contributed by atoms with Crippen molar-refractivity contribution in [2.75, 3.05) is 6.54 Å². The quantitative estimate of drug-likeness (QED) is 0.857. The van der Waals surface area contributed by atoms with E-state index in [0.717, 1.165) is 11.1 Å². The number of hydrogen-bond donors (Lipinski definition) is 2. The third kappa shape index (κ3) is 4.68. The predicted molar refractivity (Wildman–Crippen MR) is 92.0 cm³/mol. The van der Waals surface area contributed by atoms with E-state index >= 15 is 0 Å². The van der Waals surface area contributed by atoms with E-state index in [1.54, 1.807) is 19.1 Å². The maximum absolute atomic E-state index is 12.1. The third-order valence-corrected chi connectivity index (χ3v) is 3.56. The standard InChI is InChI=1S/C19H19N3O2/c1-2-17(12-20)22-18(23)13-21-19(24)16-10-8-15(9-11-16)14-6-4-3-5-7-14/h3-11,17H,2,13H2,1H3,(H,21,24)(H,22,23). The third-order valence-electron chi connectivity index (χ3n) is 3.56. The summed E-state index contributed by atoms with van der Waals surface area (Å²) in [6.07, 6.45) is 0.525. The molecule has 0 aliphatic rings. The molecule has 5 heteroatoms. The van der Waals surface area contributed by atoms with Crippen LogP contribution in [0.25, 0.3) is 11.1 Å². The van der Waals surface area contributed by atoms with Crippen LogP contribution in [0, 0.1) is 11.3 Å². The minimum Gasteiger partial charge on any atom is -0.343 e. The van der Waals surface area contributed by atoms with Crippen molar-refractivity contribution in [2.24, 2.45) is 0 Å².